The zero-order chi connectivity index (χ0) is 23.7. The molecule has 0 bridgehead atoms. The van der Waals surface area contributed by atoms with Crippen LogP contribution in [0.25, 0.3) is 16.9 Å². The highest BCUT2D eigenvalue weighted by Gasteiger charge is 2.26. The van der Waals surface area contributed by atoms with Gasteiger partial charge in [-0.3, -0.25) is 14.4 Å². The maximum atomic E-state index is 12.7. The van der Waals surface area contributed by atoms with Crippen molar-refractivity contribution in [2.45, 2.75) is 19.8 Å². The first-order chi connectivity index (χ1) is 16.5. The Bertz CT molecular complexity index is 1410. The Balaban J connectivity index is 1.20. The van der Waals surface area contributed by atoms with Crippen molar-refractivity contribution in [3.05, 3.63) is 78.6 Å². The number of para-hydroxylation sites is 2. The van der Waals surface area contributed by atoms with E-state index in [9.17, 15) is 14.4 Å². The topological polar surface area (TPSA) is 95.8 Å². The molecule has 0 unspecified atom stereocenters. The van der Waals surface area contributed by atoms with E-state index in [0.717, 1.165) is 22.5 Å². The predicted octanol–water partition coefficient (Wildman–Crippen LogP) is 4.01. The molecule has 0 aliphatic carbocycles. The number of aromatic nitrogens is 2. The van der Waals surface area contributed by atoms with Crippen LogP contribution in [0.4, 0.5) is 17.1 Å². The number of imidazole rings is 1. The predicted molar refractivity (Wildman–Crippen MR) is 131 cm³/mol. The fraction of sp³-hybridized carbons (Fsp3) is 0.154. The number of aryl methyl sites for hydroxylation is 1. The number of pyridine rings is 1. The van der Waals surface area contributed by atoms with Crippen molar-refractivity contribution in [1.29, 1.82) is 0 Å². The van der Waals surface area contributed by atoms with Gasteiger partial charge in [-0.1, -0.05) is 30.3 Å². The molecule has 0 atom stereocenters. The monoisotopic (exact) mass is 453 g/mol. The maximum absolute atomic E-state index is 12.7. The summed E-state index contributed by atoms with van der Waals surface area (Å²) in [5.74, 6) is -0.786. The Hall–Kier alpha value is -4.46. The summed E-state index contributed by atoms with van der Waals surface area (Å²) in [7, 11) is 0. The number of nitrogens with one attached hydrogen (secondary N) is 2. The summed E-state index contributed by atoms with van der Waals surface area (Å²) in [6, 6.07) is 18.6. The molecule has 2 aromatic carbocycles. The van der Waals surface area contributed by atoms with E-state index in [1.54, 1.807) is 24.3 Å². The van der Waals surface area contributed by atoms with Crippen molar-refractivity contribution < 1.29 is 14.4 Å². The standard InChI is InChI=1S/C26H23N5O3/c1-17-5-4-14-30-15-21(29-26(17)30)18-8-10-19(11-9-18)27-23(32)12-13-25(34)31-16-24(33)28-20-6-2-3-7-22(20)31/h2-11,14-15H,12-13,16H2,1H3,(H,27,32)(H,28,33). The van der Waals surface area contributed by atoms with Gasteiger partial charge in [-0.15, -0.1) is 0 Å². The van der Waals surface area contributed by atoms with Crippen LogP contribution in [0, 0.1) is 6.92 Å². The molecule has 1 aliphatic rings. The van der Waals surface area contributed by atoms with Crippen LogP contribution in [0.3, 0.4) is 0 Å². The largest absolute Gasteiger partial charge is 0.326 e. The van der Waals surface area contributed by atoms with E-state index in [4.69, 9.17) is 4.98 Å². The zero-order valence-electron chi connectivity index (χ0n) is 18.6. The van der Waals surface area contributed by atoms with Crippen LogP contribution in [-0.4, -0.2) is 33.7 Å². The van der Waals surface area contributed by atoms with Gasteiger partial charge in [0.05, 0.1) is 17.1 Å². The molecule has 4 aromatic rings. The van der Waals surface area contributed by atoms with E-state index < -0.39 is 0 Å². The van der Waals surface area contributed by atoms with Crippen molar-refractivity contribution in [3.8, 4) is 11.3 Å². The molecule has 170 valence electrons. The lowest BCUT2D eigenvalue weighted by molar-refractivity contribution is -0.124. The van der Waals surface area contributed by atoms with E-state index in [0.29, 0.717) is 17.1 Å². The molecule has 0 fully saturated rings. The highest BCUT2D eigenvalue weighted by Crippen LogP contribution is 2.29. The summed E-state index contributed by atoms with van der Waals surface area (Å²) in [5.41, 5.74) is 5.68. The van der Waals surface area contributed by atoms with Gasteiger partial charge in [-0.05, 0) is 42.8 Å². The molecule has 1 aliphatic heterocycles. The molecule has 0 spiro atoms. The van der Waals surface area contributed by atoms with Crippen LogP contribution in [0.5, 0.6) is 0 Å². The summed E-state index contributed by atoms with van der Waals surface area (Å²) in [6.07, 6.45) is 3.96. The molecule has 2 N–H and O–H groups in total. The average Bonchev–Trinajstić information content (AvgIpc) is 3.28. The normalized spacial score (nSPS) is 12.9. The fourth-order valence-corrected chi connectivity index (χ4v) is 4.05. The smallest absolute Gasteiger partial charge is 0.244 e. The second-order valence-electron chi connectivity index (χ2n) is 8.22. The van der Waals surface area contributed by atoms with Crippen LogP contribution >= 0.6 is 0 Å². The minimum absolute atomic E-state index is 0.00608. The third-order valence-electron chi connectivity index (χ3n) is 5.78. The van der Waals surface area contributed by atoms with Crippen LogP contribution in [0.1, 0.15) is 18.4 Å². The van der Waals surface area contributed by atoms with Crippen molar-refractivity contribution in [3.63, 3.8) is 0 Å². The molecule has 0 saturated carbocycles. The van der Waals surface area contributed by atoms with Gasteiger partial charge in [0.25, 0.3) is 0 Å². The van der Waals surface area contributed by atoms with Gasteiger partial charge in [0, 0.05) is 36.5 Å². The Morgan fingerprint density at radius 2 is 1.82 bits per heavy atom. The second kappa shape index (κ2) is 8.82. The minimum atomic E-state index is -0.269. The van der Waals surface area contributed by atoms with E-state index in [-0.39, 0.29) is 37.1 Å². The lowest BCUT2D eigenvalue weighted by Gasteiger charge is -2.29. The molecule has 34 heavy (non-hydrogen) atoms. The zero-order valence-corrected chi connectivity index (χ0v) is 18.6. The summed E-state index contributed by atoms with van der Waals surface area (Å²) < 4.78 is 1.99. The Labute approximate surface area is 196 Å². The summed E-state index contributed by atoms with van der Waals surface area (Å²) >= 11 is 0. The number of fused-ring (bicyclic) bond motifs is 2. The molecule has 0 radical (unpaired) electrons. The van der Waals surface area contributed by atoms with Gasteiger partial charge >= 0.3 is 0 Å². The molecular formula is C26H23N5O3. The number of hydrogen-bond donors (Lipinski definition) is 2. The van der Waals surface area contributed by atoms with Crippen molar-refractivity contribution in [2.75, 3.05) is 22.1 Å². The average molecular weight is 454 g/mol. The third kappa shape index (κ3) is 4.25. The number of anilines is 3. The van der Waals surface area contributed by atoms with Gasteiger partial charge in [-0.2, -0.15) is 0 Å². The van der Waals surface area contributed by atoms with E-state index >= 15 is 0 Å². The number of carbonyl (C=O) groups excluding carboxylic acids is 3. The summed E-state index contributed by atoms with van der Waals surface area (Å²) in [4.78, 5) is 43.2. The molecule has 5 rings (SSSR count). The van der Waals surface area contributed by atoms with Gasteiger partial charge in [0.15, 0.2) is 0 Å². The minimum Gasteiger partial charge on any atom is -0.326 e. The molecule has 8 heteroatoms. The molecule has 2 aromatic heterocycles. The Morgan fingerprint density at radius 3 is 2.62 bits per heavy atom. The summed E-state index contributed by atoms with van der Waals surface area (Å²) in [5, 5.41) is 5.58. The SMILES string of the molecule is Cc1cccn2cc(-c3ccc(NC(=O)CCC(=O)N4CC(=O)Nc5ccccc54)cc3)nc12. The lowest BCUT2D eigenvalue weighted by atomic mass is 10.1. The van der Waals surface area contributed by atoms with Gasteiger partial charge in [0.1, 0.15) is 12.2 Å². The first kappa shape index (κ1) is 21.4. The lowest BCUT2D eigenvalue weighted by Crippen LogP contribution is -2.42. The van der Waals surface area contributed by atoms with Crippen LogP contribution in [0.15, 0.2) is 73.1 Å². The molecular weight excluding hydrogens is 430 g/mol. The number of amides is 3. The van der Waals surface area contributed by atoms with Crippen molar-refractivity contribution in [1.82, 2.24) is 9.38 Å². The van der Waals surface area contributed by atoms with Gasteiger partial charge < -0.3 is 19.9 Å². The van der Waals surface area contributed by atoms with Crippen molar-refractivity contribution in [2.24, 2.45) is 0 Å². The highest BCUT2D eigenvalue weighted by molar-refractivity contribution is 6.10. The molecule has 8 nitrogen and oxygen atoms in total. The molecule has 3 amide bonds. The first-order valence-corrected chi connectivity index (χ1v) is 11.0. The number of carbonyl (C=O) groups is 3. The van der Waals surface area contributed by atoms with Crippen molar-refractivity contribution >= 4 is 40.4 Å². The first-order valence-electron chi connectivity index (χ1n) is 11.0. The number of rotatable bonds is 5. The number of nitrogens with zero attached hydrogens (tertiary/aromatic N) is 3. The maximum Gasteiger partial charge on any atom is 0.244 e. The second-order valence-corrected chi connectivity index (χ2v) is 8.22. The van der Waals surface area contributed by atoms with Gasteiger partial charge in [0.2, 0.25) is 17.7 Å². The van der Waals surface area contributed by atoms with E-state index in [1.807, 2.05) is 60.1 Å². The summed E-state index contributed by atoms with van der Waals surface area (Å²) in [6.45, 7) is 1.97. The Kier molecular flexibility index (Phi) is 5.55. The number of benzene rings is 2. The quantitative estimate of drug-likeness (QED) is 0.477. The highest BCUT2D eigenvalue weighted by atomic mass is 16.2. The van der Waals surface area contributed by atoms with Crippen LogP contribution in [-0.2, 0) is 14.4 Å². The molecule has 3 heterocycles. The van der Waals surface area contributed by atoms with E-state index in [2.05, 4.69) is 10.6 Å². The number of hydrogen-bond acceptors (Lipinski definition) is 4. The van der Waals surface area contributed by atoms with E-state index in [1.165, 1.54) is 4.90 Å². The third-order valence-corrected chi connectivity index (χ3v) is 5.78. The fourth-order valence-electron chi connectivity index (χ4n) is 4.05. The Morgan fingerprint density at radius 1 is 1.03 bits per heavy atom. The molecule has 0 saturated heterocycles. The van der Waals surface area contributed by atoms with Crippen LogP contribution in [0.2, 0.25) is 0 Å². The van der Waals surface area contributed by atoms with Crippen LogP contribution < -0.4 is 15.5 Å². The van der Waals surface area contributed by atoms with Gasteiger partial charge in [-0.25, -0.2) is 4.98 Å².